The predicted octanol–water partition coefficient (Wildman–Crippen LogP) is 1.18. The first-order chi connectivity index (χ1) is 11.5. The summed E-state index contributed by atoms with van der Waals surface area (Å²) in [5, 5.41) is 13.7. The average molecular weight is 369 g/mol. The van der Waals surface area contributed by atoms with E-state index in [2.05, 4.69) is 45.1 Å². The molecule has 4 heteroatoms. The lowest BCUT2D eigenvalue weighted by molar-refractivity contribution is -0.0685. The molecule has 0 spiro atoms. The monoisotopic (exact) mass is 368 g/mol. The third-order valence-electron chi connectivity index (χ3n) is 5.42. The van der Waals surface area contributed by atoms with Crippen LogP contribution in [-0.4, -0.2) is 30.5 Å². The molecule has 1 aliphatic carbocycles. The van der Waals surface area contributed by atoms with Crippen molar-refractivity contribution in [3.05, 3.63) is 35.9 Å². The fraction of sp³-hybridized carbons (Fsp3) is 0.714. The van der Waals surface area contributed by atoms with Gasteiger partial charge in [0.1, 0.15) is 0 Å². The molecule has 144 valence electrons. The average Bonchev–Trinajstić information content (AvgIpc) is 2.58. The van der Waals surface area contributed by atoms with E-state index in [1.165, 1.54) is 18.4 Å². The summed E-state index contributed by atoms with van der Waals surface area (Å²) in [6, 6.07) is 10.6. The predicted molar refractivity (Wildman–Crippen MR) is 99.9 cm³/mol. The van der Waals surface area contributed by atoms with E-state index >= 15 is 0 Å². The minimum atomic E-state index is -0.457. The number of rotatable bonds is 8. The van der Waals surface area contributed by atoms with Crippen LogP contribution in [0.3, 0.4) is 0 Å². The van der Waals surface area contributed by atoms with Gasteiger partial charge in [-0.15, -0.1) is 0 Å². The summed E-state index contributed by atoms with van der Waals surface area (Å²) < 4.78 is 6.14. The lowest BCUT2D eigenvalue weighted by atomic mass is 9.75. The van der Waals surface area contributed by atoms with Gasteiger partial charge < -0.3 is 27.6 Å². The summed E-state index contributed by atoms with van der Waals surface area (Å²) in [5.74, 6) is 2.01. The van der Waals surface area contributed by atoms with Gasteiger partial charge in [-0.25, -0.2) is 0 Å². The largest absolute Gasteiger partial charge is 1.00 e. The van der Waals surface area contributed by atoms with Crippen molar-refractivity contribution in [1.82, 2.24) is 5.32 Å². The molecule has 1 aromatic rings. The summed E-state index contributed by atoms with van der Waals surface area (Å²) in [7, 11) is 0. The van der Waals surface area contributed by atoms with Gasteiger partial charge in [-0.2, -0.15) is 0 Å². The fourth-order valence-corrected chi connectivity index (χ4v) is 3.77. The van der Waals surface area contributed by atoms with E-state index in [1.807, 2.05) is 18.2 Å². The molecule has 2 rings (SSSR count). The second kappa shape index (κ2) is 11.2. The molecule has 1 saturated carbocycles. The highest BCUT2D eigenvalue weighted by Crippen LogP contribution is 2.35. The molecular formula is C21H35ClNO2-. The van der Waals surface area contributed by atoms with Crippen molar-refractivity contribution in [1.29, 1.82) is 0 Å². The molecule has 1 aromatic carbocycles. The molecule has 5 atom stereocenters. The van der Waals surface area contributed by atoms with Crippen LogP contribution >= 0.6 is 0 Å². The first-order valence-electron chi connectivity index (χ1n) is 9.55. The van der Waals surface area contributed by atoms with Gasteiger partial charge in [0, 0.05) is 12.6 Å². The number of benzene rings is 1. The lowest BCUT2D eigenvalue weighted by Crippen LogP contribution is -3.00. The Balaban J connectivity index is 0.00000312. The van der Waals surface area contributed by atoms with E-state index in [0.29, 0.717) is 31.1 Å². The van der Waals surface area contributed by atoms with Gasteiger partial charge in [-0.3, -0.25) is 0 Å². The molecule has 0 bridgehead atoms. The van der Waals surface area contributed by atoms with Crippen molar-refractivity contribution in [3.63, 3.8) is 0 Å². The van der Waals surface area contributed by atoms with Crippen molar-refractivity contribution >= 4 is 0 Å². The minimum Gasteiger partial charge on any atom is -1.00 e. The zero-order chi connectivity index (χ0) is 17.5. The summed E-state index contributed by atoms with van der Waals surface area (Å²) in [6.07, 6.45) is 3.53. The molecule has 0 aromatic heterocycles. The standard InChI is InChI=1S/C21H35NO2.ClH/c1-15(2)20-11-10-16(3)12-21(20)24-14-19(23)13-22-17(4)18-8-6-5-7-9-18;/h5-9,15-17,19-23H,10-14H2,1-4H3;1H/p-1. The second-order valence-electron chi connectivity index (χ2n) is 7.89. The zero-order valence-corrected chi connectivity index (χ0v) is 16.9. The highest BCUT2D eigenvalue weighted by molar-refractivity contribution is 5.17. The van der Waals surface area contributed by atoms with Gasteiger partial charge in [-0.05, 0) is 43.1 Å². The molecular weight excluding hydrogens is 334 g/mol. The molecule has 5 unspecified atom stereocenters. The van der Waals surface area contributed by atoms with Gasteiger partial charge in [-0.1, -0.05) is 57.5 Å². The molecule has 1 aliphatic rings. The molecule has 2 N–H and O–H groups in total. The summed E-state index contributed by atoms with van der Waals surface area (Å²) in [6.45, 7) is 10.00. The Bertz CT molecular complexity index is 468. The zero-order valence-electron chi connectivity index (χ0n) is 16.1. The number of nitrogens with one attached hydrogen (secondary N) is 1. The third kappa shape index (κ3) is 7.26. The van der Waals surface area contributed by atoms with Crippen LogP contribution in [-0.2, 0) is 4.74 Å². The maximum Gasteiger partial charge on any atom is 0.0898 e. The first kappa shape index (κ1) is 22.4. The van der Waals surface area contributed by atoms with Crippen LogP contribution < -0.4 is 17.7 Å². The van der Waals surface area contributed by atoms with Crippen molar-refractivity contribution in [3.8, 4) is 0 Å². The molecule has 1 fully saturated rings. The van der Waals surface area contributed by atoms with Crippen LogP contribution in [0.15, 0.2) is 30.3 Å². The summed E-state index contributed by atoms with van der Waals surface area (Å²) >= 11 is 0. The molecule has 0 saturated heterocycles. The third-order valence-corrected chi connectivity index (χ3v) is 5.42. The maximum absolute atomic E-state index is 10.3. The molecule has 25 heavy (non-hydrogen) atoms. The van der Waals surface area contributed by atoms with Gasteiger partial charge >= 0.3 is 0 Å². The number of hydrogen-bond acceptors (Lipinski definition) is 3. The summed E-state index contributed by atoms with van der Waals surface area (Å²) in [5.41, 5.74) is 1.24. The maximum atomic E-state index is 10.3. The van der Waals surface area contributed by atoms with Crippen LogP contribution in [0.1, 0.15) is 58.6 Å². The number of aliphatic hydroxyl groups excluding tert-OH is 1. The van der Waals surface area contributed by atoms with Gasteiger partial charge in [0.25, 0.3) is 0 Å². The Morgan fingerprint density at radius 1 is 1.16 bits per heavy atom. The molecule has 0 heterocycles. The van der Waals surface area contributed by atoms with E-state index in [0.717, 1.165) is 12.3 Å². The molecule has 0 aliphatic heterocycles. The molecule has 0 radical (unpaired) electrons. The van der Waals surface area contributed by atoms with Gasteiger partial charge in [0.2, 0.25) is 0 Å². The number of ether oxygens (including phenoxy) is 1. The fourth-order valence-electron chi connectivity index (χ4n) is 3.77. The minimum absolute atomic E-state index is 0. The van der Waals surface area contributed by atoms with Crippen LogP contribution in [0.4, 0.5) is 0 Å². The van der Waals surface area contributed by atoms with E-state index in [-0.39, 0.29) is 18.4 Å². The van der Waals surface area contributed by atoms with E-state index in [9.17, 15) is 5.11 Å². The Morgan fingerprint density at radius 3 is 2.48 bits per heavy atom. The lowest BCUT2D eigenvalue weighted by Gasteiger charge is -2.37. The second-order valence-corrected chi connectivity index (χ2v) is 7.89. The normalized spacial score (nSPS) is 26.1. The smallest absolute Gasteiger partial charge is 0.0898 e. The van der Waals surface area contributed by atoms with Crippen molar-refractivity contribution in [2.75, 3.05) is 13.2 Å². The van der Waals surface area contributed by atoms with E-state index in [1.54, 1.807) is 0 Å². The van der Waals surface area contributed by atoms with Crippen LogP contribution in [0.25, 0.3) is 0 Å². The first-order valence-corrected chi connectivity index (χ1v) is 9.55. The van der Waals surface area contributed by atoms with Gasteiger partial charge in [0.05, 0.1) is 18.8 Å². The van der Waals surface area contributed by atoms with Crippen LogP contribution in [0, 0.1) is 17.8 Å². The van der Waals surface area contributed by atoms with Gasteiger partial charge in [0.15, 0.2) is 0 Å². The van der Waals surface area contributed by atoms with Crippen LogP contribution in [0.5, 0.6) is 0 Å². The number of hydrogen-bond donors (Lipinski definition) is 2. The Kier molecular flexibility index (Phi) is 10.0. The molecule has 0 amide bonds. The van der Waals surface area contributed by atoms with E-state index < -0.39 is 6.10 Å². The topological polar surface area (TPSA) is 41.5 Å². The Labute approximate surface area is 160 Å². The highest BCUT2D eigenvalue weighted by Gasteiger charge is 2.31. The number of aliphatic hydroxyl groups is 1. The molecule has 3 nitrogen and oxygen atoms in total. The van der Waals surface area contributed by atoms with Crippen molar-refractivity contribution in [2.45, 2.75) is 65.2 Å². The number of halogens is 1. The van der Waals surface area contributed by atoms with E-state index in [4.69, 9.17) is 4.74 Å². The van der Waals surface area contributed by atoms with Crippen molar-refractivity contribution < 1.29 is 22.3 Å². The van der Waals surface area contributed by atoms with Crippen LogP contribution in [0.2, 0.25) is 0 Å². The quantitative estimate of drug-likeness (QED) is 0.724. The van der Waals surface area contributed by atoms with Crippen molar-refractivity contribution in [2.24, 2.45) is 17.8 Å². The SMILES string of the molecule is CC1CCC(C(C)C)C(OCC(O)CNC(C)c2ccccc2)C1.[Cl-]. The Hall–Kier alpha value is -0.610. The Morgan fingerprint density at radius 2 is 1.84 bits per heavy atom. The highest BCUT2D eigenvalue weighted by atomic mass is 35.5. The summed E-state index contributed by atoms with van der Waals surface area (Å²) in [4.78, 5) is 0.